The van der Waals surface area contributed by atoms with Gasteiger partial charge in [-0.2, -0.15) is 0 Å². The van der Waals surface area contributed by atoms with Crippen molar-refractivity contribution in [1.82, 2.24) is 14.3 Å². The van der Waals surface area contributed by atoms with Gasteiger partial charge in [-0.25, -0.2) is 13.1 Å². The second-order valence-electron chi connectivity index (χ2n) is 6.14. The molecular weight excluding hydrogens is 322 g/mol. The van der Waals surface area contributed by atoms with Gasteiger partial charge in [0.15, 0.2) is 0 Å². The summed E-state index contributed by atoms with van der Waals surface area (Å²) in [5.41, 5.74) is 4.01. The van der Waals surface area contributed by atoms with E-state index in [-0.39, 0.29) is 6.54 Å². The molecule has 0 amide bonds. The molecule has 0 atom stereocenters. The molecule has 0 saturated heterocycles. The molecule has 0 spiro atoms. The molecule has 3 aromatic rings. The van der Waals surface area contributed by atoms with E-state index in [4.69, 9.17) is 0 Å². The number of hydrogen-bond acceptors (Lipinski definition) is 3. The topological polar surface area (TPSA) is 64.0 Å². The van der Waals surface area contributed by atoms with Crippen LogP contribution < -0.4 is 4.72 Å². The highest BCUT2D eigenvalue weighted by molar-refractivity contribution is 7.90. The van der Waals surface area contributed by atoms with Crippen LogP contribution in [0, 0.1) is 0 Å². The van der Waals surface area contributed by atoms with E-state index in [0.717, 1.165) is 22.3 Å². The predicted octanol–water partition coefficient (Wildman–Crippen LogP) is 3.07. The number of fused-ring (bicyclic) bond motifs is 1. The number of rotatable bonds is 5. The van der Waals surface area contributed by atoms with Crippen LogP contribution in [0.3, 0.4) is 0 Å². The minimum Gasteiger partial charge on any atom is -0.344 e. The number of sulfonamides is 1. The first-order valence-electron chi connectivity index (χ1n) is 7.86. The van der Waals surface area contributed by atoms with E-state index in [1.165, 1.54) is 5.39 Å². The zero-order chi connectivity index (χ0) is 17.3. The SMILES string of the molecule is CC(C)S(=O)(=O)NCc1cncc(-c2cc3ccccc3n2C)c1. The van der Waals surface area contributed by atoms with Crippen molar-refractivity contribution in [2.45, 2.75) is 25.6 Å². The molecule has 0 unspecified atom stereocenters. The standard InChI is InChI=1S/C18H21N3O2S/c1-13(2)24(22,23)20-11-14-8-16(12-19-10-14)18-9-15-6-4-5-7-17(15)21(18)3/h4-10,12-13,20H,11H2,1-3H3. The van der Waals surface area contributed by atoms with Crippen molar-refractivity contribution in [1.29, 1.82) is 0 Å². The van der Waals surface area contributed by atoms with Gasteiger partial charge in [-0.15, -0.1) is 0 Å². The highest BCUT2D eigenvalue weighted by atomic mass is 32.2. The third-order valence-electron chi connectivity index (χ3n) is 4.14. The lowest BCUT2D eigenvalue weighted by molar-refractivity contribution is 0.572. The maximum atomic E-state index is 11.9. The Kier molecular flexibility index (Phi) is 4.43. The number of nitrogens with zero attached hydrogens (tertiary/aromatic N) is 2. The van der Waals surface area contributed by atoms with E-state index >= 15 is 0 Å². The largest absolute Gasteiger partial charge is 0.344 e. The normalized spacial score (nSPS) is 12.2. The summed E-state index contributed by atoms with van der Waals surface area (Å²) >= 11 is 0. The Balaban J connectivity index is 1.91. The van der Waals surface area contributed by atoms with Crippen molar-refractivity contribution in [2.75, 3.05) is 0 Å². The summed E-state index contributed by atoms with van der Waals surface area (Å²) in [5, 5.41) is 0.715. The Labute approximate surface area is 142 Å². The Bertz CT molecular complexity index is 975. The smallest absolute Gasteiger partial charge is 0.214 e. The van der Waals surface area contributed by atoms with Gasteiger partial charge in [0.2, 0.25) is 10.0 Å². The third-order valence-corrected chi connectivity index (χ3v) is 5.93. The van der Waals surface area contributed by atoms with Crippen LogP contribution in [0.4, 0.5) is 0 Å². The van der Waals surface area contributed by atoms with Crippen LogP contribution in [-0.2, 0) is 23.6 Å². The quantitative estimate of drug-likeness (QED) is 0.774. The van der Waals surface area contributed by atoms with Crippen molar-refractivity contribution in [3.05, 3.63) is 54.4 Å². The number of aryl methyl sites for hydroxylation is 1. The molecule has 3 rings (SSSR count). The highest BCUT2D eigenvalue weighted by Gasteiger charge is 2.15. The van der Waals surface area contributed by atoms with Gasteiger partial charge in [-0.1, -0.05) is 18.2 Å². The van der Waals surface area contributed by atoms with Crippen LogP contribution in [0.15, 0.2) is 48.8 Å². The first kappa shape index (κ1) is 16.7. The Hall–Kier alpha value is -2.18. The Morgan fingerprint density at radius 1 is 1.17 bits per heavy atom. The molecular formula is C18H21N3O2S. The van der Waals surface area contributed by atoms with E-state index in [0.29, 0.717) is 0 Å². The zero-order valence-electron chi connectivity index (χ0n) is 14.0. The average Bonchev–Trinajstić information content (AvgIpc) is 2.91. The van der Waals surface area contributed by atoms with Gasteiger partial charge in [0.25, 0.3) is 0 Å². The van der Waals surface area contributed by atoms with E-state index < -0.39 is 15.3 Å². The minimum absolute atomic E-state index is 0.241. The lowest BCUT2D eigenvalue weighted by Crippen LogP contribution is -2.30. The fourth-order valence-corrected chi connectivity index (χ4v) is 3.34. The van der Waals surface area contributed by atoms with Crippen molar-refractivity contribution in [3.8, 4) is 11.3 Å². The molecule has 2 heterocycles. The molecule has 0 fully saturated rings. The number of hydrogen-bond donors (Lipinski definition) is 1. The summed E-state index contributed by atoms with van der Waals surface area (Å²) in [7, 11) is -1.27. The van der Waals surface area contributed by atoms with Crippen LogP contribution in [0.2, 0.25) is 0 Å². The number of para-hydroxylation sites is 1. The second kappa shape index (κ2) is 6.37. The predicted molar refractivity (Wildman–Crippen MR) is 97.0 cm³/mol. The Morgan fingerprint density at radius 2 is 1.92 bits per heavy atom. The lowest BCUT2D eigenvalue weighted by Gasteiger charge is -2.10. The summed E-state index contributed by atoms with van der Waals surface area (Å²) < 4.78 is 28.5. The van der Waals surface area contributed by atoms with E-state index in [1.807, 2.05) is 25.2 Å². The average molecular weight is 343 g/mol. The van der Waals surface area contributed by atoms with Crippen LogP contribution in [0.1, 0.15) is 19.4 Å². The van der Waals surface area contributed by atoms with Crippen LogP contribution in [-0.4, -0.2) is 23.2 Å². The minimum atomic E-state index is -3.29. The molecule has 0 saturated carbocycles. The fraction of sp³-hybridized carbons (Fsp3) is 0.278. The molecule has 24 heavy (non-hydrogen) atoms. The molecule has 1 N–H and O–H groups in total. The molecule has 0 aliphatic rings. The fourth-order valence-electron chi connectivity index (χ4n) is 2.64. The van der Waals surface area contributed by atoms with Gasteiger partial charge < -0.3 is 4.57 Å². The summed E-state index contributed by atoms with van der Waals surface area (Å²) in [6.07, 6.45) is 3.49. The number of benzene rings is 1. The van der Waals surface area contributed by atoms with E-state index in [1.54, 1.807) is 26.2 Å². The first-order valence-corrected chi connectivity index (χ1v) is 9.40. The zero-order valence-corrected chi connectivity index (χ0v) is 14.8. The molecule has 0 aliphatic carbocycles. The Morgan fingerprint density at radius 3 is 2.62 bits per heavy atom. The number of pyridine rings is 1. The van der Waals surface area contributed by atoms with Gasteiger partial charge in [0.1, 0.15) is 0 Å². The number of nitrogens with one attached hydrogen (secondary N) is 1. The molecule has 1 aromatic carbocycles. The summed E-state index contributed by atoms with van der Waals surface area (Å²) in [6.45, 7) is 3.56. The summed E-state index contributed by atoms with van der Waals surface area (Å²) in [5.74, 6) is 0. The van der Waals surface area contributed by atoms with Gasteiger partial charge >= 0.3 is 0 Å². The van der Waals surface area contributed by atoms with Gasteiger partial charge in [0, 0.05) is 42.5 Å². The van der Waals surface area contributed by atoms with Crippen LogP contribution in [0.5, 0.6) is 0 Å². The molecule has 5 nitrogen and oxygen atoms in total. The summed E-state index contributed by atoms with van der Waals surface area (Å²) in [6, 6.07) is 12.3. The molecule has 2 aromatic heterocycles. The molecule has 0 radical (unpaired) electrons. The van der Waals surface area contributed by atoms with E-state index in [2.05, 4.69) is 32.5 Å². The van der Waals surface area contributed by atoms with Crippen molar-refractivity contribution < 1.29 is 8.42 Å². The first-order chi connectivity index (χ1) is 11.4. The second-order valence-corrected chi connectivity index (χ2v) is 8.47. The summed E-state index contributed by atoms with van der Waals surface area (Å²) in [4.78, 5) is 4.27. The molecule has 0 aliphatic heterocycles. The maximum absolute atomic E-state index is 11.9. The van der Waals surface area contributed by atoms with Gasteiger partial charge in [0.05, 0.1) is 10.9 Å². The lowest BCUT2D eigenvalue weighted by atomic mass is 10.1. The van der Waals surface area contributed by atoms with Crippen LogP contribution >= 0.6 is 0 Å². The highest BCUT2D eigenvalue weighted by Crippen LogP contribution is 2.27. The third kappa shape index (κ3) is 3.20. The van der Waals surface area contributed by atoms with Gasteiger partial charge in [-0.3, -0.25) is 4.98 Å². The van der Waals surface area contributed by atoms with Crippen LogP contribution in [0.25, 0.3) is 22.2 Å². The van der Waals surface area contributed by atoms with Gasteiger partial charge in [-0.05, 0) is 37.6 Å². The molecule has 0 bridgehead atoms. The van der Waals surface area contributed by atoms with Crippen molar-refractivity contribution in [3.63, 3.8) is 0 Å². The van der Waals surface area contributed by atoms with E-state index in [9.17, 15) is 8.42 Å². The maximum Gasteiger partial charge on any atom is 0.214 e. The molecule has 6 heteroatoms. The van der Waals surface area contributed by atoms with Crippen molar-refractivity contribution in [2.24, 2.45) is 7.05 Å². The number of aromatic nitrogens is 2. The monoisotopic (exact) mass is 343 g/mol. The van der Waals surface area contributed by atoms with Crippen molar-refractivity contribution >= 4 is 20.9 Å². The molecule has 126 valence electrons.